The van der Waals surface area contributed by atoms with Gasteiger partial charge >= 0.3 is 6.03 Å². The molecule has 7 heteroatoms. The van der Waals surface area contributed by atoms with Crippen molar-refractivity contribution in [2.75, 3.05) is 32.7 Å². The number of carbonyl (C=O) groups is 1. The van der Waals surface area contributed by atoms with Crippen LogP contribution in [0.4, 0.5) is 4.79 Å². The minimum Gasteiger partial charge on any atom is -0.338 e. The van der Waals surface area contributed by atoms with Gasteiger partial charge in [-0.2, -0.15) is 0 Å². The van der Waals surface area contributed by atoms with Crippen molar-refractivity contribution in [3.8, 4) is 5.69 Å². The Morgan fingerprint density at radius 3 is 2.59 bits per heavy atom. The summed E-state index contributed by atoms with van der Waals surface area (Å²) in [5.74, 6) is 0.972. The van der Waals surface area contributed by atoms with E-state index in [4.69, 9.17) is 4.98 Å². The van der Waals surface area contributed by atoms with Crippen LogP contribution < -0.4 is 5.32 Å². The molecule has 0 unspecified atom stereocenters. The van der Waals surface area contributed by atoms with Gasteiger partial charge in [-0.1, -0.05) is 42.5 Å². The zero-order valence-electron chi connectivity index (χ0n) is 19.5. The molecule has 4 aromatic rings. The number of piperazine rings is 1. The Balaban J connectivity index is 1.21. The van der Waals surface area contributed by atoms with Crippen molar-refractivity contribution in [1.29, 1.82) is 0 Å². The van der Waals surface area contributed by atoms with Gasteiger partial charge in [0.25, 0.3) is 0 Å². The van der Waals surface area contributed by atoms with E-state index in [9.17, 15) is 4.79 Å². The maximum absolute atomic E-state index is 12.6. The number of aromatic nitrogens is 3. The highest BCUT2D eigenvalue weighted by molar-refractivity contribution is 5.74. The van der Waals surface area contributed by atoms with Crippen molar-refractivity contribution in [2.45, 2.75) is 19.9 Å². The van der Waals surface area contributed by atoms with Crippen molar-refractivity contribution in [3.05, 3.63) is 89.9 Å². The third kappa shape index (κ3) is 4.94. The van der Waals surface area contributed by atoms with E-state index in [0.29, 0.717) is 26.2 Å². The summed E-state index contributed by atoms with van der Waals surface area (Å²) < 4.78 is 2.16. The summed E-state index contributed by atoms with van der Waals surface area (Å²) in [4.78, 5) is 26.4. The molecule has 0 spiro atoms. The molecule has 2 aromatic carbocycles. The van der Waals surface area contributed by atoms with Gasteiger partial charge in [-0.25, -0.2) is 14.8 Å². The van der Waals surface area contributed by atoms with Crippen molar-refractivity contribution < 1.29 is 4.79 Å². The lowest BCUT2D eigenvalue weighted by Gasteiger charge is -2.34. The molecule has 1 N–H and O–H groups in total. The van der Waals surface area contributed by atoms with Gasteiger partial charge in [-0.05, 0) is 48.7 Å². The fourth-order valence-corrected chi connectivity index (χ4v) is 4.48. The van der Waals surface area contributed by atoms with Gasteiger partial charge in [0, 0.05) is 44.6 Å². The molecule has 0 aliphatic carbocycles. The number of carbonyl (C=O) groups excluding carboxylic acids is 1. The first-order valence-corrected chi connectivity index (χ1v) is 11.9. The molecule has 1 aliphatic rings. The summed E-state index contributed by atoms with van der Waals surface area (Å²) >= 11 is 0. The first-order chi connectivity index (χ1) is 16.7. The molecule has 0 radical (unpaired) electrons. The summed E-state index contributed by atoms with van der Waals surface area (Å²) in [6, 6.07) is 22.6. The minimum absolute atomic E-state index is 0.0202. The highest BCUT2D eigenvalue weighted by atomic mass is 16.2. The summed E-state index contributed by atoms with van der Waals surface area (Å²) in [5, 5.41) is 3.06. The van der Waals surface area contributed by atoms with Gasteiger partial charge in [-0.3, -0.25) is 9.47 Å². The number of nitrogens with one attached hydrogen (secondary N) is 1. The molecule has 2 amide bonds. The molecule has 1 aliphatic heterocycles. The van der Waals surface area contributed by atoms with E-state index in [1.54, 1.807) is 0 Å². The third-order valence-electron chi connectivity index (χ3n) is 6.30. The zero-order valence-corrected chi connectivity index (χ0v) is 19.5. The number of hydrogen-bond acceptors (Lipinski definition) is 4. The predicted molar refractivity (Wildman–Crippen MR) is 134 cm³/mol. The van der Waals surface area contributed by atoms with E-state index < -0.39 is 0 Å². The summed E-state index contributed by atoms with van der Waals surface area (Å²) in [6.45, 7) is 6.51. The molecular formula is C27H30N6O. The Kier molecular flexibility index (Phi) is 6.53. The molecule has 34 heavy (non-hydrogen) atoms. The predicted octanol–water partition coefficient (Wildman–Crippen LogP) is 3.80. The van der Waals surface area contributed by atoms with Gasteiger partial charge in [0.2, 0.25) is 0 Å². The van der Waals surface area contributed by atoms with E-state index in [0.717, 1.165) is 42.2 Å². The normalized spacial score (nSPS) is 14.4. The highest BCUT2D eigenvalue weighted by Gasteiger charge is 2.23. The maximum atomic E-state index is 12.6. The number of aryl methyl sites for hydroxylation is 1. The molecule has 5 rings (SSSR count). The zero-order chi connectivity index (χ0) is 23.3. The Morgan fingerprint density at radius 1 is 0.971 bits per heavy atom. The third-order valence-corrected chi connectivity index (χ3v) is 6.30. The van der Waals surface area contributed by atoms with Crippen LogP contribution in [0.2, 0.25) is 0 Å². The van der Waals surface area contributed by atoms with Crippen molar-refractivity contribution in [2.24, 2.45) is 0 Å². The highest BCUT2D eigenvalue weighted by Crippen LogP contribution is 2.22. The molecular weight excluding hydrogens is 424 g/mol. The van der Waals surface area contributed by atoms with E-state index in [2.05, 4.69) is 63.1 Å². The molecule has 174 valence electrons. The van der Waals surface area contributed by atoms with Crippen LogP contribution in [0.1, 0.15) is 17.0 Å². The second-order valence-corrected chi connectivity index (χ2v) is 8.78. The van der Waals surface area contributed by atoms with Crippen LogP contribution in [0.15, 0.2) is 72.9 Å². The van der Waals surface area contributed by atoms with E-state index in [1.165, 1.54) is 11.1 Å². The van der Waals surface area contributed by atoms with Crippen LogP contribution in [0.5, 0.6) is 0 Å². The second-order valence-electron chi connectivity index (χ2n) is 8.78. The molecule has 7 nitrogen and oxygen atoms in total. The SMILES string of the molecule is Cc1cccc(-n2c(CN3CCN(C(=O)NCCc4ccccc4)CC3)nc3cccnc32)c1. The fourth-order valence-electron chi connectivity index (χ4n) is 4.48. The van der Waals surface area contributed by atoms with Crippen molar-refractivity contribution in [1.82, 2.24) is 29.7 Å². The Hall–Kier alpha value is -3.71. The van der Waals surface area contributed by atoms with E-state index >= 15 is 0 Å². The minimum atomic E-state index is 0.0202. The Morgan fingerprint density at radius 2 is 1.79 bits per heavy atom. The van der Waals surface area contributed by atoms with Crippen molar-refractivity contribution in [3.63, 3.8) is 0 Å². The number of nitrogens with zero attached hydrogens (tertiary/aromatic N) is 5. The van der Waals surface area contributed by atoms with Crippen LogP contribution in [-0.2, 0) is 13.0 Å². The smallest absolute Gasteiger partial charge is 0.317 e. The van der Waals surface area contributed by atoms with Gasteiger partial charge in [0.05, 0.1) is 6.54 Å². The number of amides is 2. The number of urea groups is 1. The largest absolute Gasteiger partial charge is 0.338 e. The molecule has 3 heterocycles. The average molecular weight is 455 g/mol. The quantitative estimate of drug-likeness (QED) is 0.481. The van der Waals surface area contributed by atoms with Crippen LogP contribution in [0.3, 0.4) is 0 Å². The van der Waals surface area contributed by atoms with Crippen molar-refractivity contribution >= 4 is 17.2 Å². The summed E-state index contributed by atoms with van der Waals surface area (Å²) in [7, 11) is 0. The second kappa shape index (κ2) is 10.1. The number of fused-ring (bicyclic) bond motifs is 1. The molecule has 0 saturated carbocycles. The van der Waals surface area contributed by atoms with E-state index in [1.807, 2.05) is 41.4 Å². The molecule has 0 bridgehead atoms. The molecule has 2 aromatic heterocycles. The summed E-state index contributed by atoms with van der Waals surface area (Å²) in [6.07, 6.45) is 2.66. The van der Waals surface area contributed by atoms with Gasteiger partial charge in [0.1, 0.15) is 11.3 Å². The standard InChI is InChI=1S/C27H30N6O/c1-21-7-5-10-23(19-21)33-25(30-24-11-6-13-28-26(24)33)20-31-15-17-32(18-16-31)27(34)29-14-12-22-8-3-2-4-9-22/h2-11,13,19H,12,14-18,20H2,1H3,(H,29,34). The number of imidazole rings is 1. The van der Waals surface area contributed by atoms with Crippen LogP contribution >= 0.6 is 0 Å². The van der Waals surface area contributed by atoms with E-state index in [-0.39, 0.29) is 6.03 Å². The van der Waals surface area contributed by atoms with Crippen LogP contribution in [-0.4, -0.2) is 63.1 Å². The molecule has 1 saturated heterocycles. The van der Waals surface area contributed by atoms with Gasteiger partial charge < -0.3 is 10.2 Å². The molecule has 1 fully saturated rings. The fraction of sp³-hybridized carbons (Fsp3) is 0.296. The first kappa shape index (κ1) is 22.1. The maximum Gasteiger partial charge on any atom is 0.317 e. The topological polar surface area (TPSA) is 66.3 Å². The van der Waals surface area contributed by atoms with Crippen LogP contribution in [0, 0.1) is 6.92 Å². The Labute approximate surface area is 200 Å². The average Bonchev–Trinajstić information content (AvgIpc) is 3.23. The molecule has 0 atom stereocenters. The first-order valence-electron chi connectivity index (χ1n) is 11.9. The lowest BCUT2D eigenvalue weighted by molar-refractivity contribution is 0.133. The number of hydrogen-bond donors (Lipinski definition) is 1. The number of benzene rings is 2. The van der Waals surface area contributed by atoms with Gasteiger partial charge in [0.15, 0.2) is 5.65 Å². The van der Waals surface area contributed by atoms with Gasteiger partial charge in [-0.15, -0.1) is 0 Å². The lowest BCUT2D eigenvalue weighted by atomic mass is 10.1. The Bertz CT molecular complexity index is 1260. The monoisotopic (exact) mass is 454 g/mol. The summed E-state index contributed by atoms with van der Waals surface area (Å²) in [5.41, 5.74) is 5.29. The number of pyridine rings is 1. The van der Waals surface area contributed by atoms with Crippen LogP contribution in [0.25, 0.3) is 16.9 Å². The number of rotatable bonds is 6. The lowest BCUT2D eigenvalue weighted by Crippen LogP contribution is -2.51.